The Morgan fingerprint density at radius 3 is 2.43 bits per heavy atom. The molecule has 2 aromatic carbocycles. The third kappa shape index (κ3) is 6.29. The molecule has 184 valence electrons. The van der Waals surface area contributed by atoms with Gasteiger partial charge in [0.15, 0.2) is 11.5 Å². The van der Waals surface area contributed by atoms with Crippen molar-refractivity contribution < 1.29 is 14.3 Å². The summed E-state index contributed by atoms with van der Waals surface area (Å²) in [5.41, 5.74) is 4.29. The number of aryl methyl sites for hydroxylation is 1. The van der Waals surface area contributed by atoms with Crippen LogP contribution in [0.5, 0.6) is 11.5 Å². The van der Waals surface area contributed by atoms with Gasteiger partial charge in [-0.05, 0) is 56.9 Å². The number of carbonyl (C=O) groups excluding carboxylic acids is 1. The van der Waals surface area contributed by atoms with E-state index in [1.54, 1.807) is 0 Å². The highest BCUT2D eigenvalue weighted by Gasteiger charge is 2.27. The largest absolute Gasteiger partial charge is 0.490 e. The smallest absolute Gasteiger partial charge is 0.225 e. The zero-order chi connectivity index (χ0) is 24.6. The van der Waals surface area contributed by atoms with Crippen molar-refractivity contribution in [1.29, 1.82) is 0 Å². The topological polar surface area (TPSA) is 76.6 Å². The first-order valence-corrected chi connectivity index (χ1v) is 12.4. The molecule has 1 aliphatic heterocycles. The number of amides is 1. The van der Waals surface area contributed by atoms with E-state index in [9.17, 15) is 4.79 Å². The van der Waals surface area contributed by atoms with Gasteiger partial charge in [-0.25, -0.2) is 9.97 Å². The highest BCUT2D eigenvalue weighted by atomic mass is 16.5. The molecule has 0 aliphatic carbocycles. The minimum absolute atomic E-state index is 0.0535. The lowest BCUT2D eigenvalue weighted by Crippen LogP contribution is -2.43. The fourth-order valence-electron chi connectivity index (χ4n) is 4.29. The van der Waals surface area contributed by atoms with Gasteiger partial charge in [-0.2, -0.15) is 0 Å². The third-order valence-corrected chi connectivity index (χ3v) is 6.17. The summed E-state index contributed by atoms with van der Waals surface area (Å²) in [7, 11) is 0. The maximum absolute atomic E-state index is 13.0. The summed E-state index contributed by atoms with van der Waals surface area (Å²) < 4.78 is 11.3. The predicted octanol–water partition coefficient (Wildman–Crippen LogP) is 4.78. The van der Waals surface area contributed by atoms with Crippen LogP contribution in [0.3, 0.4) is 0 Å². The molecule has 1 N–H and O–H groups in total. The number of benzene rings is 2. The Morgan fingerprint density at radius 1 is 1.00 bits per heavy atom. The molecule has 0 bridgehead atoms. The number of nitrogens with one attached hydrogen (secondary N) is 1. The average molecular weight is 475 g/mol. The fraction of sp³-hybridized carbons (Fsp3) is 0.393. The first-order chi connectivity index (χ1) is 17.1. The molecule has 0 spiro atoms. The molecule has 3 aromatic rings. The van der Waals surface area contributed by atoms with Crippen LogP contribution in [0.15, 0.2) is 54.9 Å². The van der Waals surface area contributed by atoms with E-state index < -0.39 is 0 Å². The predicted molar refractivity (Wildman–Crippen MR) is 138 cm³/mol. The van der Waals surface area contributed by atoms with E-state index in [0.717, 1.165) is 41.8 Å². The molecule has 0 radical (unpaired) electrons. The van der Waals surface area contributed by atoms with Crippen molar-refractivity contribution in [1.82, 2.24) is 15.3 Å². The van der Waals surface area contributed by atoms with Gasteiger partial charge in [-0.1, -0.05) is 35.9 Å². The van der Waals surface area contributed by atoms with Crippen LogP contribution in [-0.4, -0.2) is 42.2 Å². The van der Waals surface area contributed by atoms with E-state index in [1.807, 2.05) is 44.4 Å². The second-order valence-electron chi connectivity index (χ2n) is 8.79. The molecule has 1 saturated heterocycles. The van der Waals surface area contributed by atoms with Crippen molar-refractivity contribution in [3.63, 3.8) is 0 Å². The number of ether oxygens (including phenoxy) is 2. The molecule has 1 amide bonds. The van der Waals surface area contributed by atoms with Crippen molar-refractivity contribution in [2.24, 2.45) is 5.92 Å². The molecule has 0 saturated carbocycles. The van der Waals surface area contributed by atoms with Crippen LogP contribution in [0, 0.1) is 12.8 Å². The number of anilines is 1. The lowest BCUT2D eigenvalue weighted by atomic mass is 9.97. The highest BCUT2D eigenvalue weighted by Crippen LogP contribution is 2.29. The number of nitrogens with zero attached hydrogens (tertiary/aromatic N) is 3. The lowest BCUT2D eigenvalue weighted by Gasteiger charge is -2.32. The van der Waals surface area contributed by atoms with Crippen LogP contribution in [0.2, 0.25) is 0 Å². The molecule has 1 unspecified atom stereocenters. The van der Waals surface area contributed by atoms with Crippen molar-refractivity contribution in [3.05, 3.63) is 66.0 Å². The molecule has 2 heterocycles. The second-order valence-corrected chi connectivity index (χ2v) is 8.79. The molecule has 7 nitrogen and oxygen atoms in total. The molecule has 1 atom stereocenters. The van der Waals surface area contributed by atoms with Gasteiger partial charge in [0.05, 0.1) is 19.1 Å². The summed E-state index contributed by atoms with van der Waals surface area (Å²) in [6.45, 7) is 9.01. The SMILES string of the molecule is CCOc1ccc(CNC(=O)C2CCCN(c3ncc(-c4ccc(C)cc4)cn3)C2)cc1OCC. The normalized spacial score (nSPS) is 15.5. The van der Waals surface area contributed by atoms with Crippen molar-refractivity contribution in [3.8, 4) is 22.6 Å². The van der Waals surface area contributed by atoms with Crippen LogP contribution in [0.25, 0.3) is 11.1 Å². The maximum Gasteiger partial charge on any atom is 0.225 e. The van der Waals surface area contributed by atoms with Gasteiger partial charge in [-0.3, -0.25) is 4.79 Å². The van der Waals surface area contributed by atoms with E-state index >= 15 is 0 Å². The van der Waals surface area contributed by atoms with Crippen LogP contribution < -0.4 is 19.7 Å². The van der Waals surface area contributed by atoms with Crippen LogP contribution >= 0.6 is 0 Å². The fourth-order valence-corrected chi connectivity index (χ4v) is 4.29. The Morgan fingerprint density at radius 2 is 1.71 bits per heavy atom. The number of carbonyl (C=O) groups is 1. The number of hydrogen-bond donors (Lipinski definition) is 1. The summed E-state index contributed by atoms with van der Waals surface area (Å²) in [5.74, 6) is 2.05. The number of rotatable bonds is 9. The highest BCUT2D eigenvalue weighted by molar-refractivity contribution is 5.79. The average Bonchev–Trinajstić information content (AvgIpc) is 2.89. The Bertz CT molecular complexity index is 1120. The van der Waals surface area contributed by atoms with Gasteiger partial charge in [0.2, 0.25) is 11.9 Å². The standard InChI is InChI=1S/C28H34N4O3/c1-4-34-25-13-10-21(15-26(25)35-5-2)16-29-27(33)23-7-6-14-32(19-23)28-30-17-24(18-31-28)22-11-8-20(3)9-12-22/h8-13,15,17-18,23H,4-7,14,16,19H2,1-3H3,(H,29,33). The molecule has 1 fully saturated rings. The summed E-state index contributed by atoms with van der Waals surface area (Å²) >= 11 is 0. The minimum Gasteiger partial charge on any atom is -0.490 e. The molecule has 1 aromatic heterocycles. The van der Waals surface area contributed by atoms with E-state index in [1.165, 1.54) is 5.56 Å². The monoisotopic (exact) mass is 474 g/mol. The zero-order valence-corrected chi connectivity index (χ0v) is 20.8. The second kappa shape index (κ2) is 11.7. The maximum atomic E-state index is 13.0. The summed E-state index contributed by atoms with van der Waals surface area (Å²) in [5, 5.41) is 3.09. The summed E-state index contributed by atoms with van der Waals surface area (Å²) in [4.78, 5) is 24.3. The molecule has 7 heteroatoms. The van der Waals surface area contributed by atoms with Gasteiger partial charge in [0.25, 0.3) is 0 Å². The zero-order valence-electron chi connectivity index (χ0n) is 20.8. The first kappa shape index (κ1) is 24.5. The van der Waals surface area contributed by atoms with Gasteiger partial charge in [-0.15, -0.1) is 0 Å². The first-order valence-electron chi connectivity index (χ1n) is 12.4. The summed E-state index contributed by atoms with van der Waals surface area (Å²) in [6.07, 6.45) is 5.51. The Balaban J connectivity index is 1.35. The Kier molecular flexibility index (Phi) is 8.19. The number of hydrogen-bond acceptors (Lipinski definition) is 6. The molecule has 35 heavy (non-hydrogen) atoms. The van der Waals surface area contributed by atoms with Gasteiger partial charge in [0.1, 0.15) is 0 Å². The van der Waals surface area contributed by atoms with Gasteiger partial charge >= 0.3 is 0 Å². The van der Waals surface area contributed by atoms with Crippen molar-refractivity contribution in [2.75, 3.05) is 31.2 Å². The number of piperidine rings is 1. The van der Waals surface area contributed by atoms with E-state index in [0.29, 0.717) is 38.0 Å². The molecule has 4 rings (SSSR count). The Labute approximate surface area is 207 Å². The van der Waals surface area contributed by atoms with Crippen molar-refractivity contribution in [2.45, 2.75) is 40.2 Å². The molecule has 1 aliphatic rings. The minimum atomic E-state index is -0.0989. The van der Waals surface area contributed by atoms with E-state index in [4.69, 9.17) is 9.47 Å². The number of aromatic nitrogens is 2. The lowest BCUT2D eigenvalue weighted by molar-refractivity contribution is -0.125. The third-order valence-electron chi connectivity index (χ3n) is 6.17. The van der Waals surface area contributed by atoms with Crippen LogP contribution in [0.1, 0.15) is 37.8 Å². The summed E-state index contributed by atoms with van der Waals surface area (Å²) in [6, 6.07) is 14.1. The van der Waals surface area contributed by atoms with Gasteiger partial charge in [0, 0.05) is 37.6 Å². The van der Waals surface area contributed by atoms with E-state index in [-0.39, 0.29) is 11.8 Å². The Hall–Kier alpha value is -3.61. The van der Waals surface area contributed by atoms with Gasteiger partial charge < -0.3 is 19.7 Å². The molecular formula is C28H34N4O3. The van der Waals surface area contributed by atoms with Crippen LogP contribution in [0.4, 0.5) is 5.95 Å². The quantitative estimate of drug-likeness (QED) is 0.481. The van der Waals surface area contributed by atoms with E-state index in [2.05, 4.69) is 51.4 Å². The molecular weight excluding hydrogens is 440 g/mol. The van der Waals surface area contributed by atoms with Crippen LogP contribution in [-0.2, 0) is 11.3 Å². The van der Waals surface area contributed by atoms with Crippen molar-refractivity contribution >= 4 is 11.9 Å².